The highest BCUT2D eigenvalue weighted by Gasteiger charge is 2.24. The van der Waals surface area contributed by atoms with Crippen LogP contribution in [0.3, 0.4) is 0 Å². The Kier molecular flexibility index (Phi) is 3.65. The second-order valence-corrected chi connectivity index (χ2v) is 6.20. The standard InChI is InChI=1S/C17H20N4O3/c1-19-5-7-21(8-6-19)17(22)13-10-14(20(2)18-13)12-3-4-15-16(9-12)24-11-23-15/h3-4,9-10H,5-8,11H2,1-2H3. The van der Waals surface area contributed by atoms with Crippen LogP contribution in [0.4, 0.5) is 0 Å². The van der Waals surface area contributed by atoms with Crippen LogP contribution in [0.1, 0.15) is 10.5 Å². The summed E-state index contributed by atoms with van der Waals surface area (Å²) in [5.74, 6) is 1.46. The minimum atomic E-state index is -0.00862. The Labute approximate surface area is 140 Å². The van der Waals surface area contributed by atoms with Gasteiger partial charge in [0.15, 0.2) is 17.2 Å². The number of likely N-dealkylation sites (N-methyl/N-ethyl adjacent to an activating group) is 1. The second-order valence-electron chi connectivity index (χ2n) is 6.20. The van der Waals surface area contributed by atoms with Crippen molar-refractivity contribution in [3.63, 3.8) is 0 Å². The van der Waals surface area contributed by atoms with Gasteiger partial charge in [0, 0.05) is 38.8 Å². The first kappa shape index (κ1) is 15.0. The predicted molar refractivity (Wildman–Crippen MR) is 88.2 cm³/mol. The van der Waals surface area contributed by atoms with Crippen molar-refractivity contribution in [1.82, 2.24) is 19.6 Å². The number of hydrogen-bond acceptors (Lipinski definition) is 5. The highest BCUT2D eigenvalue weighted by Crippen LogP contribution is 2.35. The van der Waals surface area contributed by atoms with Gasteiger partial charge in [0.2, 0.25) is 6.79 Å². The van der Waals surface area contributed by atoms with Crippen molar-refractivity contribution in [2.24, 2.45) is 7.05 Å². The zero-order chi connectivity index (χ0) is 16.7. The highest BCUT2D eigenvalue weighted by atomic mass is 16.7. The van der Waals surface area contributed by atoms with E-state index in [0.717, 1.165) is 48.9 Å². The van der Waals surface area contributed by atoms with E-state index in [1.165, 1.54) is 0 Å². The molecule has 24 heavy (non-hydrogen) atoms. The fraction of sp³-hybridized carbons (Fsp3) is 0.412. The highest BCUT2D eigenvalue weighted by molar-refractivity contribution is 5.93. The number of fused-ring (bicyclic) bond motifs is 1. The predicted octanol–water partition coefficient (Wildman–Crippen LogP) is 1.20. The van der Waals surface area contributed by atoms with E-state index in [1.54, 1.807) is 4.68 Å². The van der Waals surface area contributed by atoms with Gasteiger partial charge in [-0.1, -0.05) is 0 Å². The molecule has 126 valence electrons. The first-order chi connectivity index (χ1) is 11.6. The van der Waals surface area contributed by atoms with E-state index in [0.29, 0.717) is 5.69 Å². The molecule has 2 aliphatic heterocycles. The molecule has 1 saturated heterocycles. The first-order valence-electron chi connectivity index (χ1n) is 8.04. The van der Waals surface area contributed by atoms with Crippen LogP contribution < -0.4 is 9.47 Å². The quantitative estimate of drug-likeness (QED) is 0.829. The van der Waals surface area contributed by atoms with Gasteiger partial charge in [-0.25, -0.2) is 0 Å². The third kappa shape index (κ3) is 2.60. The number of carbonyl (C=O) groups excluding carboxylic acids is 1. The molecular weight excluding hydrogens is 308 g/mol. The number of carbonyl (C=O) groups is 1. The normalized spacial score (nSPS) is 17.3. The van der Waals surface area contributed by atoms with Crippen molar-refractivity contribution in [2.45, 2.75) is 0 Å². The number of nitrogens with zero attached hydrogens (tertiary/aromatic N) is 4. The Bertz CT molecular complexity index is 778. The molecule has 1 aromatic heterocycles. The summed E-state index contributed by atoms with van der Waals surface area (Å²) < 4.78 is 12.5. The summed E-state index contributed by atoms with van der Waals surface area (Å²) in [4.78, 5) is 16.8. The van der Waals surface area contributed by atoms with Crippen LogP contribution in [-0.2, 0) is 7.05 Å². The molecular formula is C17H20N4O3. The van der Waals surface area contributed by atoms with E-state index >= 15 is 0 Å². The molecule has 4 rings (SSSR count). The lowest BCUT2D eigenvalue weighted by Crippen LogP contribution is -2.47. The summed E-state index contributed by atoms with van der Waals surface area (Å²) >= 11 is 0. The lowest BCUT2D eigenvalue weighted by molar-refractivity contribution is 0.0657. The monoisotopic (exact) mass is 328 g/mol. The zero-order valence-electron chi connectivity index (χ0n) is 13.9. The average molecular weight is 328 g/mol. The molecule has 1 amide bonds. The van der Waals surface area contributed by atoms with Crippen LogP contribution >= 0.6 is 0 Å². The Balaban J connectivity index is 1.59. The number of piperazine rings is 1. The molecule has 0 radical (unpaired) electrons. The first-order valence-corrected chi connectivity index (χ1v) is 8.04. The molecule has 7 heteroatoms. The van der Waals surface area contributed by atoms with Crippen LogP contribution in [0.2, 0.25) is 0 Å². The number of aryl methyl sites for hydroxylation is 1. The third-order valence-electron chi connectivity index (χ3n) is 4.56. The average Bonchev–Trinajstić information content (AvgIpc) is 3.20. The summed E-state index contributed by atoms with van der Waals surface area (Å²) in [5.41, 5.74) is 2.31. The molecule has 2 aromatic rings. The summed E-state index contributed by atoms with van der Waals surface area (Å²) in [6.07, 6.45) is 0. The second kappa shape index (κ2) is 5.83. The maximum atomic E-state index is 12.7. The molecule has 0 N–H and O–H groups in total. The molecule has 0 saturated carbocycles. The van der Waals surface area contributed by atoms with Gasteiger partial charge in [0.05, 0.1) is 5.69 Å². The summed E-state index contributed by atoms with van der Waals surface area (Å²) in [6, 6.07) is 7.60. The molecule has 1 fully saturated rings. The molecule has 1 aromatic carbocycles. The van der Waals surface area contributed by atoms with Crippen molar-refractivity contribution in [3.05, 3.63) is 30.0 Å². The SMILES string of the molecule is CN1CCN(C(=O)c2cc(-c3ccc4c(c3)OCO4)n(C)n2)CC1. The van der Waals surface area contributed by atoms with E-state index in [-0.39, 0.29) is 12.7 Å². The van der Waals surface area contributed by atoms with Crippen LogP contribution in [0.5, 0.6) is 11.5 Å². The molecule has 0 unspecified atom stereocenters. The van der Waals surface area contributed by atoms with E-state index in [4.69, 9.17) is 9.47 Å². The molecule has 0 bridgehead atoms. The van der Waals surface area contributed by atoms with E-state index in [9.17, 15) is 4.79 Å². The Morgan fingerprint density at radius 2 is 1.79 bits per heavy atom. The van der Waals surface area contributed by atoms with Gasteiger partial charge in [-0.2, -0.15) is 5.10 Å². The van der Waals surface area contributed by atoms with Gasteiger partial charge in [-0.3, -0.25) is 9.48 Å². The van der Waals surface area contributed by atoms with Crippen molar-refractivity contribution in [1.29, 1.82) is 0 Å². The fourth-order valence-electron chi connectivity index (χ4n) is 3.07. The van der Waals surface area contributed by atoms with Gasteiger partial charge in [0.25, 0.3) is 5.91 Å². The van der Waals surface area contributed by atoms with Gasteiger partial charge < -0.3 is 19.3 Å². The summed E-state index contributed by atoms with van der Waals surface area (Å²) in [6.45, 7) is 3.52. The molecule has 3 heterocycles. The fourth-order valence-corrected chi connectivity index (χ4v) is 3.07. The van der Waals surface area contributed by atoms with Gasteiger partial charge in [-0.15, -0.1) is 0 Å². The van der Waals surface area contributed by atoms with Gasteiger partial charge in [0.1, 0.15) is 0 Å². The van der Waals surface area contributed by atoms with Crippen molar-refractivity contribution >= 4 is 5.91 Å². The summed E-state index contributed by atoms with van der Waals surface area (Å²) in [5, 5.41) is 4.41. The van der Waals surface area contributed by atoms with Crippen LogP contribution in [0.15, 0.2) is 24.3 Å². The number of aromatic nitrogens is 2. The van der Waals surface area contributed by atoms with E-state index in [2.05, 4.69) is 17.0 Å². The van der Waals surface area contributed by atoms with E-state index in [1.807, 2.05) is 36.2 Å². The van der Waals surface area contributed by atoms with Crippen LogP contribution in [-0.4, -0.2) is 65.5 Å². The topological polar surface area (TPSA) is 59.8 Å². The smallest absolute Gasteiger partial charge is 0.274 e. The van der Waals surface area contributed by atoms with Crippen molar-refractivity contribution in [2.75, 3.05) is 40.0 Å². The summed E-state index contributed by atoms with van der Waals surface area (Å²) in [7, 11) is 3.92. The lowest BCUT2D eigenvalue weighted by atomic mass is 10.1. The van der Waals surface area contributed by atoms with Crippen molar-refractivity contribution in [3.8, 4) is 22.8 Å². The minimum Gasteiger partial charge on any atom is -0.454 e. The minimum absolute atomic E-state index is 0.00862. The molecule has 2 aliphatic rings. The number of ether oxygens (including phenoxy) is 2. The zero-order valence-corrected chi connectivity index (χ0v) is 13.9. The van der Waals surface area contributed by atoms with Crippen LogP contribution in [0.25, 0.3) is 11.3 Å². The molecule has 0 spiro atoms. The largest absolute Gasteiger partial charge is 0.454 e. The molecule has 0 atom stereocenters. The number of amides is 1. The van der Waals surface area contributed by atoms with Gasteiger partial charge in [-0.05, 0) is 31.3 Å². The van der Waals surface area contributed by atoms with Crippen molar-refractivity contribution < 1.29 is 14.3 Å². The molecule has 7 nitrogen and oxygen atoms in total. The maximum Gasteiger partial charge on any atom is 0.274 e. The Morgan fingerprint density at radius 1 is 1.04 bits per heavy atom. The maximum absolute atomic E-state index is 12.7. The van der Waals surface area contributed by atoms with E-state index < -0.39 is 0 Å². The Hall–Kier alpha value is -2.54. The lowest BCUT2D eigenvalue weighted by Gasteiger charge is -2.31. The van der Waals surface area contributed by atoms with Crippen LogP contribution in [0, 0.1) is 0 Å². The number of benzene rings is 1. The number of hydrogen-bond donors (Lipinski definition) is 0. The van der Waals surface area contributed by atoms with Gasteiger partial charge >= 0.3 is 0 Å². The molecule has 0 aliphatic carbocycles. The number of rotatable bonds is 2. The third-order valence-corrected chi connectivity index (χ3v) is 4.56. The Morgan fingerprint density at radius 3 is 2.58 bits per heavy atom.